The zero-order chi connectivity index (χ0) is 29.4. The summed E-state index contributed by atoms with van der Waals surface area (Å²) in [6.07, 6.45) is 0. The van der Waals surface area contributed by atoms with Crippen LogP contribution in [0.15, 0.2) is 158 Å². The predicted molar refractivity (Wildman–Crippen MR) is 183 cm³/mol. The molecule has 1 unspecified atom stereocenters. The first kappa shape index (κ1) is 28.7. The van der Waals surface area contributed by atoms with Crippen LogP contribution in [0.25, 0.3) is 0 Å². The molecule has 0 aliphatic heterocycles. The number of hydrogen-bond acceptors (Lipinski definition) is 3. The van der Waals surface area contributed by atoms with Crippen molar-refractivity contribution >= 4 is 47.7 Å². The lowest BCUT2D eigenvalue weighted by molar-refractivity contribution is 0.418. The van der Waals surface area contributed by atoms with Crippen LogP contribution >= 0.6 is 15.8 Å². The summed E-state index contributed by atoms with van der Waals surface area (Å²) in [7, 11) is 1.52. The minimum Gasteiger partial charge on any atom is -0.496 e. The maximum atomic E-state index is 6.99. The van der Waals surface area contributed by atoms with Gasteiger partial charge >= 0.3 is 0 Å². The van der Waals surface area contributed by atoms with Gasteiger partial charge in [0.1, 0.15) is 23.0 Å². The summed E-state index contributed by atoms with van der Waals surface area (Å²) in [5.74, 6) is 3.41. The van der Waals surface area contributed by atoms with E-state index >= 15 is 0 Å². The molecule has 0 fully saturated rings. The minimum absolute atomic E-state index is 0.832. The van der Waals surface area contributed by atoms with Gasteiger partial charge in [0.25, 0.3) is 0 Å². The quantitative estimate of drug-likeness (QED) is 0.159. The molecule has 43 heavy (non-hydrogen) atoms. The van der Waals surface area contributed by atoms with Gasteiger partial charge in [0, 0.05) is 21.2 Å². The summed E-state index contributed by atoms with van der Waals surface area (Å²) < 4.78 is 18.7. The summed E-state index contributed by atoms with van der Waals surface area (Å²) in [6, 6.07) is 54.7. The molecule has 2 atom stereocenters. The van der Waals surface area contributed by atoms with Gasteiger partial charge in [-0.2, -0.15) is 0 Å². The van der Waals surface area contributed by atoms with Gasteiger partial charge in [-0.25, -0.2) is 0 Å². The zero-order valence-corrected chi connectivity index (χ0v) is 25.9. The van der Waals surface area contributed by atoms with E-state index in [0.717, 1.165) is 44.2 Å². The summed E-state index contributed by atoms with van der Waals surface area (Å²) in [5, 5.41) is 7.01. The van der Waals surface area contributed by atoms with Crippen LogP contribution in [0.3, 0.4) is 0 Å². The van der Waals surface area contributed by atoms with E-state index in [1.54, 1.807) is 14.2 Å². The van der Waals surface area contributed by atoms with Crippen molar-refractivity contribution in [2.75, 3.05) is 14.2 Å². The first-order valence-electron chi connectivity index (χ1n) is 14.1. The molecule has 0 radical (unpaired) electrons. The van der Waals surface area contributed by atoms with Crippen LogP contribution in [0.2, 0.25) is 0 Å². The number of para-hydroxylation sites is 4. The highest BCUT2D eigenvalue weighted by molar-refractivity contribution is 7.80. The lowest BCUT2D eigenvalue weighted by atomic mass is 10.3. The molecular weight excluding hydrogens is 566 g/mol. The van der Waals surface area contributed by atoms with Crippen molar-refractivity contribution in [2.45, 2.75) is 0 Å². The lowest BCUT2D eigenvalue weighted by Crippen LogP contribution is -2.25. The normalized spacial score (nSPS) is 12.2. The Kier molecular flexibility index (Phi) is 9.14. The Bertz CT molecular complexity index is 1660. The van der Waals surface area contributed by atoms with Crippen LogP contribution in [0.1, 0.15) is 0 Å². The Hall–Kier alpha value is -4.42. The molecular formula is C38H32O3P2. The van der Waals surface area contributed by atoms with E-state index in [2.05, 4.69) is 121 Å². The molecule has 0 aliphatic carbocycles. The monoisotopic (exact) mass is 598 g/mol. The Morgan fingerprint density at radius 3 is 0.953 bits per heavy atom. The van der Waals surface area contributed by atoms with E-state index in [-0.39, 0.29) is 0 Å². The highest BCUT2D eigenvalue weighted by Crippen LogP contribution is 2.43. The molecule has 5 heteroatoms. The van der Waals surface area contributed by atoms with Crippen LogP contribution < -0.4 is 46.0 Å². The molecule has 0 bridgehead atoms. The highest BCUT2D eigenvalue weighted by atomic mass is 31.1. The first-order valence-corrected chi connectivity index (χ1v) is 16.8. The van der Waals surface area contributed by atoms with Gasteiger partial charge in [-0.3, -0.25) is 0 Å². The predicted octanol–water partition coefficient (Wildman–Crippen LogP) is 7.01. The smallest absolute Gasteiger partial charge is 0.135 e. The zero-order valence-electron chi connectivity index (χ0n) is 24.1. The van der Waals surface area contributed by atoms with Crippen molar-refractivity contribution < 1.29 is 14.2 Å². The number of ether oxygens (including phenoxy) is 3. The van der Waals surface area contributed by atoms with Crippen LogP contribution in [-0.2, 0) is 0 Å². The van der Waals surface area contributed by atoms with Crippen molar-refractivity contribution in [3.63, 3.8) is 0 Å². The molecule has 0 spiro atoms. The average Bonchev–Trinajstić information content (AvgIpc) is 3.08. The first-order chi connectivity index (χ1) is 21.3. The molecule has 0 heterocycles. The van der Waals surface area contributed by atoms with E-state index in [1.807, 2.05) is 36.4 Å². The fourth-order valence-electron chi connectivity index (χ4n) is 5.17. The topological polar surface area (TPSA) is 27.7 Å². The maximum Gasteiger partial charge on any atom is 0.135 e. The van der Waals surface area contributed by atoms with E-state index in [9.17, 15) is 0 Å². The molecule has 6 aromatic rings. The van der Waals surface area contributed by atoms with E-state index < -0.39 is 15.8 Å². The molecule has 3 nitrogen and oxygen atoms in total. The number of benzene rings is 6. The fraction of sp³-hybridized carbons (Fsp3) is 0.0526. The highest BCUT2D eigenvalue weighted by Gasteiger charge is 2.26. The summed E-state index contributed by atoms with van der Waals surface area (Å²) in [5.41, 5.74) is 0. The van der Waals surface area contributed by atoms with Crippen molar-refractivity contribution in [3.05, 3.63) is 158 Å². The summed E-state index contributed by atoms with van der Waals surface area (Å²) in [6.45, 7) is 0. The minimum atomic E-state index is -0.975. The molecule has 0 saturated carbocycles. The van der Waals surface area contributed by atoms with Gasteiger partial charge in [-0.15, -0.1) is 0 Å². The number of rotatable bonds is 10. The number of methoxy groups -OCH3 is 2. The Morgan fingerprint density at radius 1 is 0.326 bits per heavy atom. The fourth-order valence-corrected chi connectivity index (χ4v) is 10.1. The Balaban J connectivity index is 1.50. The third kappa shape index (κ3) is 6.20. The summed E-state index contributed by atoms with van der Waals surface area (Å²) in [4.78, 5) is 0. The van der Waals surface area contributed by atoms with Gasteiger partial charge in [-0.1, -0.05) is 133 Å². The van der Waals surface area contributed by atoms with Gasteiger partial charge in [-0.05, 0) is 50.7 Å². The molecule has 6 rings (SSSR count). The van der Waals surface area contributed by atoms with Crippen molar-refractivity contribution in [2.24, 2.45) is 0 Å². The van der Waals surface area contributed by atoms with Crippen molar-refractivity contribution in [1.82, 2.24) is 0 Å². The van der Waals surface area contributed by atoms with Gasteiger partial charge in [0.2, 0.25) is 0 Å². The average molecular weight is 599 g/mol. The van der Waals surface area contributed by atoms with Gasteiger partial charge in [0.05, 0.1) is 14.2 Å². The third-order valence-corrected chi connectivity index (χ3v) is 12.1. The molecule has 212 valence electrons. The molecule has 0 amide bonds. The molecule has 6 aromatic carbocycles. The molecule has 0 N–H and O–H groups in total. The van der Waals surface area contributed by atoms with E-state index in [1.165, 1.54) is 10.6 Å². The lowest BCUT2D eigenvalue weighted by Gasteiger charge is -2.26. The van der Waals surface area contributed by atoms with Crippen LogP contribution in [0, 0.1) is 0 Å². The molecule has 0 aromatic heterocycles. The van der Waals surface area contributed by atoms with E-state index in [4.69, 9.17) is 14.2 Å². The molecule has 0 saturated heterocycles. The van der Waals surface area contributed by atoms with Crippen LogP contribution in [-0.4, -0.2) is 14.2 Å². The maximum absolute atomic E-state index is 6.99. The third-order valence-electron chi connectivity index (χ3n) is 7.11. The van der Waals surface area contributed by atoms with Crippen LogP contribution in [0.5, 0.6) is 23.0 Å². The second-order valence-corrected chi connectivity index (χ2v) is 14.0. The largest absolute Gasteiger partial charge is 0.496 e. The van der Waals surface area contributed by atoms with Gasteiger partial charge in [0.15, 0.2) is 0 Å². The second kappa shape index (κ2) is 13.7. The standard InChI is InChI=1S/C38H32O3P2/c1-39-31-21-9-13-25-35(31)42(29-17-5-3-6-18-29)37-27-15-11-23-33(37)41-34-24-12-16-28-38(34)43(30-19-7-4-8-20-30)36-26-14-10-22-32(36)40-2/h3-28H,1-2H3/t42-,43?/m0/s1. The summed E-state index contributed by atoms with van der Waals surface area (Å²) >= 11 is 0. The Morgan fingerprint density at radius 2 is 0.605 bits per heavy atom. The van der Waals surface area contributed by atoms with Crippen molar-refractivity contribution in [1.29, 1.82) is 0 Å². The molecule has 0 aliphatic rings. The van der Waals surface area contributed by atoms with E-state index in [0.29, 0.717) is 0 Å². The SMILES string of the molecule is COc1ccccc1P(c1ccccc1)c1ccccc1Oc1ccccc1[P@@](c1ccccc1)c1ccccc1OC. The Labute approximate surface area is 256 Å². The van der Waals surface area contributed by atoms with Crippen LogP contribution in [0.4, 0.5) is 0 Å². The van der Waals surface area contributed by atoms with Gasteiger partial charge < -0.3 is 14.2 Å². The number of hydrogen-bond donors (Lipinski definition) is 0. The second-order valence-electron chi connectivity index (χ2n) is 9.72. The van der Waals surface area contributed by atoms with Crippen molar-refractivity contribution in [3.8, 4) is 23.0 Å².